The monoisotopic (exact) mass is 557 g/mol. The molecule has 3 aromatic rings. The van der Waals surface area contributed by atoms with Crippen molar-refractivity contribution in [3.63, 3.8) is 0 Å². The van der Waals surface area contributed by atoms with Crippen LogP contribution < -0.4 is 16.5 Å². The van der Waals surface area contributed by atoms with Gasteiger partial charge in [-0.2, -0.15) is 0 Å². The number of amidine groups is 1. The summed E-state index contributed by atoms with van der Waals surface area (Å²) in [5, 5.41) is 3.76. The summed E-state index contributed by atoms with van der Waals surface area (Å²) in [4.78, 5) is 42.9. The van der Waals surface area contributed by atoms with E-state index in [4.69, 9.17) is 15.2 Å². The van der Waals surface area contributed by atoms with E-state index < -0.39 is 24.1 Å². The number of carbonyl (C=O) groups excluding carboxylic acids is 3. The molecule has 4 N–H and O–H groups in total. The second-order valence-electron chi connectivity index (χ2n) is 9.70. The zero-order valence-corrected chi connectivity index (χ0v) is 23.2. The summed E-state index contributed by atoms with van der Waals surface area (Å²) in [5.74, 6) is -0.300. The molecule has 0 aliphatic heterocycles. The molecular formula is C31H35N5O5. The Morgan fingerprint density at radius 3 is 2.17 bits per heavy atom. The number of methoxy groups -OCH3 is 1. The number of nitrogens with zero attached hydrogens (tertiary/aromatic N) is 2. The Morgan fingerprint density at radius 1 is 0.951 bits per heavy atom. The highest BCUT2D eigenvalue weighted by molar-refractivity contribution is 5.85. The Bertz CT molecular complexity index is 1340. The molecule has 0 fully saturated rings. The molecule has 10 nitrogen and oxygen atoms in total. The van der Waals surface area contributed by atoms with Crippen molar-refractivity contribution in [2.24, 2.45) is 10.7 Å². The number of hydrogen-bond acceptors (Lipinski definition) is 6. The van der Waals surface area contributed by atoms with E-state index in [-0.39, 0.29) is 25.5 Å². The summed E-state index contributed by atoms with van der Waals surface area (Å²) in [6.07, 6.45) is -0.0211. The highest BCUT2D eigenvalue weighted by Gasteiger charge is 2.30. The van der Waals surface area contributed by atoms with Crippen LogP contribution in [0.3, 0.4) is 0 Å². The van der Waals surface area contributed by atoms with E-state index in [9.17, 15) is 14.4 Å². The summed E-state index contributed by atoms with van der Waals surface area (Å²) in [7, 11) is 1.25. The molecule has 3 aromatic carbocycles. The van der Waals surface area contributed by atoms with Gasteiger partial charge in [-0.25, -0.2) is 24.8 Å². The maximum atomic E-state index is 13.3. The first-order chi connectivity index (χ1) is 19.9. The molecule has 0 aromatic heterocycles. The predicted octanol–water partition coefficient (Wildman–Crippen LogP) is 4.35. The van der Waals surface area contributed by atoms with Gasteiger partial charge in [0.15, 0.2) is 0 Å². The number of hydrogen-bond donors (Lipinski definition) is 3. The van der Waals surface area contributed by atoms with Crippen LogP contribution in [0.15, 0.2) is 83.9 Å². The molecule has 0 spiro atoms. The third-order valence-corrected chi connectivity index (χ3v) is 6.79. The number of rotatable bonds is 10. The number of urea groups is 1. The minimum absolute atomic E-state index is 0.0431. The number of esters is 1. The van der Waals surface area contributed by atoms with Crippen molar-refractivity contribution >= 4 is 23.9 Å². The van der Waals surface area contributed by atoms with Gasteiger partial charge in [-0.1, -0.05) is 78.9 Å². The average molecular weight is 558 g/mol. The number of nitrogens with one attached hydrogen (secondary N) is 2. The van der Waals surface area contributed by atoms with Crippen molar-refractivity contribution in [1.29, 1.82) is 0 Å². The van der Waals surface area contributed by atoms with Gasteiger partial charge in [-0.15, -0.1) is 0 Å². The number of benzene rings is 3. The quantitative estimate of drug-likeness (QED) is 0.112. The van der Waals surface area contributed by atoms with E-state index in [2.05, 4.69) is 27.9 Å². The normalized spacial score (nSPS) is 13.0. The molecule has 10 heteroatoms. The number of amides is 3. The molecular weight excluding hydrogens is 522 g/mol. The highest BCUT2D eigenvalue weighted by atomic mass is 16.6. The standard InChI is InChI=1S/C31H35N5O5/c1-21(32)33-18-10-17-28(29(37)40-2)34-30(38)36(19-22-11-4-3-5-12-22)35-31(39)41-20-27-25-15-8-6-13-23(25)24-14-7-9-16-26(24)27/h3-9,11-16,27-28H,10,17-20H2,1-2H3,(H2,32,33)(H,34,38)(H,35,39)/t28-/m1/s1. The van der Waals surface area contributed by atoms with Crippen LogP contribution in [-0.4, -0.2) is 55.2 Å². The van der Waals surface area contributed by atoms with Crippen molar-refractivity contribution < 1.29 is 23.9 Å². The Balaban J connectivity index is 1.44. The molecule has 1 aliphatic carbocycles. The molecule has 0 saturated carbocycles. The molecule has 3 amide bonds. The average Bonchev–Trinajstić information content (AvgIpc) is 3.30. The largest absolute Gasteiger partial charge is 0.467 e. The van der Waals surface area contributed by atoms with Gasteiger partial charge in [0.2, 0.25) is 0 Å². The van der Waals surface area contributed by atoms with E-state index in [0.29, 0.717) is 18.8 Å². The topological polar surface area (TPSA) is 135 Å². The number of ether oxygens (including phenoxy) is 2. The first kappa shape index (κ1) is 29.1. The lowest BCUT2D eigenvalue weighted by molar-refractivity contribution is -0.143. The van der Waals surface area contributed by atoms with E-state index >= 15 is 0 Å². The summed E-state index contributed by atoms with van der Waals surface area (Å²) in [5.41, 5.74) is 13.3. The fraction of sp³-hybridized carbons (Fsp3) is 0.290. The maximum absolute atomic E-state index is 13.3. The minimum Gasteiger partial charge on any atom is -0.467 e. The van der Waals surface area contributed by atoms with Gasteiger partial charge in [0.05, 0.1) is 19.5 Å². The van der Waals surface area contributed by atoms with Gasteiger partial charge >= 0.3 is 18.1 Å². The lowest BCUT2D eigenvalue weighted by atomic mass is 9.98. The molecule has 0 radical (unpaired) electrons. The predicted molar refractivity (Wildman–Crippen MR) is 156 cm³/mol. The highest BCUT2D eigenvalue weighted by Crippen LogP contribution is 2.44. The molecule has 214 valence electrons. The van der Waals surface area contributed by atoms with Crippen LogP contribution in [0.4, 0.5) is 9.59 Å². The van der Waals surface area contributed by atoms with Crippen molar-refractivity contribution in [3.05, 3.63) is 95.6 Å². The maximum Gasteiger partial charge on any atom is 0.426 e. The van der Waals surface area contributed by atoms with Crippen LogP contribution >= 0.6 is 0 Å². The smallest absolute Gasteiger partial charge is 0.426 e. The third kappa shape index (κ3) is 7.63. The van der Waals surface area contributed by atoms with Gasteiger partial charge in [0.25, 0.3) is 0 Å². The number of fused-ring (bicyclic) bond motifs is 3. The second-order valence-corrected chi connectivity index (χ2v) is 9.70. The van der Waals surface area contributed by atoms with Crippen LogP contribution in [-0.2, 0) is 20.8 Å². The van der Waals surface area contributed by atoms with E-state index in [1.54, 1.807) is 6.92 Å². The number of carbonyl (C=O) groups is 3. The fourth-order valence-electron chi connectivity index (χ4n) is 4.84. The summed E-state index contributed by atoms with van der Waals surface area (Å²) in [6, 6.07) is 23.6. The Hall–Kier alpha value is -4.86. The Labute approximate surface area is 239 Å². The minimum atomic E-state index is -0.941. The summed E-state index contributed by atoms with van der Waals surface area (Å²) < 4.78 is 10.5. The molecule has 0 heterocycles. The van der Waals surface area contributed by atoms with Crippen LogP contribution in [0.25, 0.3) is 11.1 Å². The van der Waals surface area contributed by atoms with Gasteiger partial charge in [-0.3, -0.25) is 4.99 Å². The summed E-state index contributed by atoms with van der Waals surface area (Å²) in [6.45, 7) is 2.21. The number of hydrazine groups is 1. The molecule has 0 saturated heterocycles. The lowest BCUT2D eigenvalue weighted by Crippen LogP contribution is -2.54. The zero-order chi connectivity index (χ0) is 29.2. The van der Waals surface area contributed by atoms with Crippen molar-refractivity contribution in [2.75, 3.05) is 20.3 Å². The third-order valence-electron chi connectivity index (χ3n) is 6.79. The van der Waals surface area contributed by atoms with Gasteiger partial charge in [-0.05, 0) is 47.6 Å². The SMILES string of the molecule is COC(=O)[C@@H](CCCN=C(C)N)NC(=O)N(Cc1ccccc1)NC(=O)OCC1c2ccccc2-c2ccccc21. The van der Waals surface area contributed by atoms with Crippen LogP contribution in [0.2, 0.25) is 0 Å². The van der Waals surface area contributed by atoms with E-state index in [0.717, 1.165) is 32.8 Å². The van der Waals surface area contributed by atoms with Crippen LogP contribution in [0, 0.1) is 0 Å². The number of aliphatic imine (C=N–C) groups is 1. The van der Waals surface area contributed by atoms with Gasteiger partial charge in [0.1, 0.15) is 12.6 Å². The first-order valence-corrected chi connectivity index (χ1v) is 13.4. The molecule has 1 atom stereocenters. The molecule has 0 unspecified atom stereocenters. The van der Waals surface area contributed by atoms with Crippen molar-refractivity contribution in [3.8, 4) is 11.1 Å². The lowest BCUT2D eigenvalue weighted by Gasteiger charge is -2.26. The molecule has 41 heavy (non-hydrogen) atoms. The fourth-order valence-corrected chi connectivity index (χ4v) is 4.84. The summed E-state index contributed by atoms with van der Waals surface area (Å²) >= 11 is 0. The van der Waals surface area contributed by atoms with Gasteiger partial charge < -0.3 is 20.5 Å². The van der Waals surface area contributed by atoms with Crippen molar-refractivity contribution in [1.82, 2.24) is 15.8 Å². The molecule has 0 bridgehead atoms. The Morgan fingerprint density at radius 2 is 1.56 bits per heavy atom. The van der Waals surface area contributed by atoms with E-state index in [1.807, 2.05) is 66.7 Å². The van der Waals surface area contributed by atoms with Crippen LogP contribution in [0.1, 0.15) is 42.4 Å². The first-order valence-electron chi connectivity index (χ1n) is 13.4. The molecule has 1 aliphatic rings. The van der Waals surface area contributed by atoms with E-state index in [1.165, 1.54) is 7.11 Å². The van der Waals surface area contributed by atoms with Gasteiger partial charge in [0, 0.05) is 12.5 Å². The zero-order valence-electron chi connectivity index (χ0n) is 23.2. The number of nitrogens with two attached hydrogens (primary N) is 1. The second kappa shape index (κ2) is 14.0. The van der Waals surface area contributed by atoms with Crippen molar-refractivity contribution in [2.45, 2.75) is 38.3 Å². The van der Waals surface area contributed by atoms with Crippen LogP contribution in [0.5, 0.6) is 0 Å². The molecule has 4 rings (SSSR count). The Kier molecular flexibility index (Phi) is 9.93.